The van der Waals surface area contributed by atoms with E-state index >= 15 is 0 Å². The van der Waals surface area contributed by atoms with E-state index in [0.29, 0.717) is 0 Å². The van der Waals surface area contributed by atoms with E-state index < -0.39 is 23.2 Å². The standard InChI is InChI=1S/2C10H9.Zr/c2*1-8-5-6-9-3-2-4-10(9)7-8;/h2*2-7H,1H3;. The Morgan fingerprint density at radius 1 is 0.714 bits per heavy atom. The maximum atomic E-state index is 2.45. The molecular formula is C20H18Zr. The molecule has 0 amide bonds. The van der Waals surface area contributed by atoms with Gasteiger partial charge >= 0.3 is 138 Å². The summed E-state index contributed by atoms with van der Waals surface area (Å²) in [6.07, 6.45) is 9.58. The topological polar surface area (TPSA) is 0 Å². The molecule has 2 aliphatic carbocycles. The predicted molar refractivity (Wildman–Crippen MR) is 85.9 cm³/mol. The summed E-state index contributed by atoms with van der Waals surface area (Å²) in [6, 6.07) is 13.9. The fourth-order valence-corrected chi connectivity index (χ4v) is 7.48. The van der Waals surface area contributed by atoms with Gasteiger partial charge in [0.1, 0.15) is 0 Å². The second-order valence-corrected chi connectivity index (χ2v) is 9.98. The Bertz CT molecular complexity index is 702. The molecule has 4 rings (SSSR count). The van der Waals surface area contributed by atoms with E-state index in [-0.39, 0.29) is 0 Å². The van der Waals surface area contributed by atoms with Gasteiger partial charge in [-0.25, -0.2) is 0 Å². The summed E-state index contributed by atoms with van der Waals surface area (Å²) in [5.41, 5.74) is 8.78. The molecule has 102 valence electrons. The first-order valence-electron chi connectivity index (χ1n) is 7.54. The van der Waals surface area contributed by atoms with Crippen molar-refractivity contribution in [2.75, 3.05) is 0 Å². The number of aryl methyl sites for hydroxylation is 2. The van der Waals surface area contributed by atoms with Gasteiger partial charge in [0.15, 0.2) is 0 Å². The van der Waals surface area contributed by atoms with E-state index in [9.17, 15) is 0 Å². The van der Waals surface area contributed by atoms with Crippen LogP contribution in [-0.2, 0) is 23.2 Å². The van der Waals surface area contributed by atoms with Crippen molar-refractivity contribution in [1.82, 2.24) is 0 Å². The third kappa shape index (κ3) is 2.42. The van der Waals surface area contributed by atoms with Crippen LogP contribution < -0.4 is 0 Å². The molecule has 2 aliphatic rings. The first-order valence-corrected chi connectivity index (χ1v) is 10.4. The van der Waals surface area contributed by atoms with Crippen LogP contribution in [0.5, 0.6) is 0 Å². The van der Waals surface area contributed by atoms with Gasteiger partial charge in [-0.3, -0.25) is 0 Å². The van der Waals surface area contributed by atoms with Gasteiger partial charge in [0.25, 0.3) is 0 Å². The Morgan fingerprint density at radius 2 is 1.19 bits per heavy atom. The summed E-state index contributed by atoms with van der Waals surface area (Å²) in [4.78, 5) is 0. The molecule has 0 nitrogen and oxygen atoms in total. The first kappa shape index (κ1) is 13.5. The van der Waals surface area contributed by atoms with E-state index in [2.05, 4.69) is 74.5 Å². The summed E-state index contributed by atoms with van der Waals surface area (Å²) in [6.45, 7) is 4.36. The van der Waals surface area contributed by atoms with E-state index in [1.165, 1.54) is 22.3 Å². The van der Waals surface area contributed by atoms with Gasteiger partial charge in [-0.05, 0) is 0 Å². The second-order valence-electron chi connectivity index (χ2n) is 6.10. The summed E-state index contributed by atoms with van der Waals surface area (Å²) in [5, 5.41) is 0. The molecule has 0 saturated heterocycles. The third-order valence-electron chi connectivity index (χ3n) is 4.45. The van der Waals surface area contributed by atoms with Gasteiger partial charge in [0.2, 0.25) is 0 Å². The summed E-state index contributed by atoms with van der Waals surface area (Å²) >= 11 is -0.572. The Hall–Kier alpha value is -1.20. The molecule has 0 N–H and O–H groups in total. The van der Waals surface area contributed by atoms with E-state index in [1.807, 2.05) is 0 Å². The number of allylic oxidation sites excluding steroid dienone is 2. The van der Waals surface area contributed by atoms with Crippen molar-refractivity contribution in [1.29, 1.82) is 0 Å². The van der Waals surface area contributed by atoms with E-state index in [1.54, 1.807) is 11.1 Å². The monoisotopic (exact) mass is 348 g/mol. The molecular weight excluding hydrogens is 331 g/mol. The molecule has 0 bridgehead atoms. The van der Waals surface area contributed by atoms with Crippen LogP contribution in [0, 0.1) is 13.8 Å². The van der Waals surface area contributed by atoms with Crippen LogP contribution >= 0.6 is 0 Å². The van der Waals surface area contributed by atoms with Crippen LogP contribution in [0.15, 0.2) is 48.6 Å². The molecule has 0 aromatic heterocycles. The van der Waals surface area contributed by atoms with Gasteiger partial charge in [0, 0.05) is 0 Å². The zero-order valence-corrected chi connectivity index (χ0v) is 14.9. The van der Waals surface area contributed by atoms with Crippen molar-refractivity contribution in [2.45, 2.75) is 21.1 Å². The minimum absolute atomic E-state index is 0.572. The quantitative estimate of drug-likeness (QED) is 0.697. The number of fused-ring (bicyclic) bond motifs is 2. The molecule has 0 spiro atoms. The van der Waals surface area contributed by atoms with Crippen LogP contribution in [0.25, 0.3) is 12.2 Å². The average molecular weight is 350 g/mol. The van der Waals surface area contributed by atoms with E-state index in [0.717, 1.165) is 7.25 Å². The van der Waals surface area contributed by atoms with Gasteiger partial charge in [-0.2, -0.15) is 0 Å². The maximum absolute atomic E-state index is 2.45. The van der Waals surface area contributed by atoms with Crippen molar-refractivity contribution in [3.8, 4) is 0 Å². The predicted octanol–water partition coefficient (Wildman–Crippen LogP) is 5.22. The van der Waals surface area contributed by atoms with Crippen LogP contribution in [-0.4, -0.2) is 0 Å². The molecule has 1 heteroatoms. The number of hydrogen-bond acceptors (Lipinski definition) is 0. The molecule has 2 atom stereocenters. The summed E-state index contributed by atoms with van der Waals surface area (Å²) in [7, 11) is 0. The number of hydrogen-bond donors (Lipinski definition) is 0. The van der Waals surface area contributed by atoms with Crippen molar-refractivity contribution in [3.05, 3.63) is 81.9 Å². The second kappa shape index (κ2) is 5.22. The van der Waals surface area contributed by atoms with E-state index in [4.69, 9.17) is 0 Å². The summed E-state index contributed by atoms with van der Waals surface area (Å²) in [5.74, 6) is 0. The molecule has 0 heterocycles. The normalized spacial score (nSPS) is 21.4. The van der Waals surface area contributed by atoms with Gasteiger partial charge in [-0.15, -0.1) is 0 Å². The molecule has 0 saturated carbocycles. The summed E-state index contributed by atoms with van der Waals surface area (Å²) < 4.78 is 1.46. The number of benzene rings is 2. The molecule has 21 heavy (non-hydrogen) atoms. The zero-order chi connectivity index (χ0) is 14.4. The van der Waals surface area contributed by atoms with Crippen LogP contribution in [0.1, 0.15) is 40.6 Å². The molecule has 2 unspecified atom stereocenters. The van der Waals surface area contributed by atoms with Gasteiger partial charge in [0.05, 0.1) is 0 Å². The first-order chi connectivity index (χ1) is 10.2. The average Bonchev–Trinajstić information content (AvgIpc) is 3.03. The third-order valence-corrected chi connectivity index (χ3v) is 8.69. The molecule has 0 radical (unpaired) electrons. The van der Waals surface area contributed by atoms with Crippen molar-refractivity contribution >= 4 is 12.2 Å². The Balaban J connectivity index is 1.61. The van der Waals surface area contributed by atoms with Crippen LogP contribution in [0.4, 0.5) is 0 Å². The minimum atomic E-state index is -0.572. The molecule has 0 fully saturated rings. The number of rotatable bonds is 2. The van der Waals surface area contributed by atoms with Crippen LogP contribution in [0.3, 0.4) is 0 Å². The van der Waals surface area contributed by atoms with Crippen molar-refractivity contribution < 1.29 is 23.2 Å². The molecule has 0 aliphatic heterocycles. The Kier molecular flexibility index (Phi) is 3.34. The van der Waals surface area contributed by atoms with Gasteiger partial charge < -0.3 is 0 Å². The van der Waals surface area contributed by atoms with Crippen LogP contribution in [0.2, 0.25) is 0 Å². The fraction of sp³-hybridized carbons (Fsp3) is 0.200. The Labute approximate surface area is 138 Å². The van der Waals surface area contributed by atoms with Crippen molar-refractivity contribution in [2.24, 2.45) is 0 Å². The fourth-order valence-electron chi connectivity index (χ4n) is 3.33. The molecule has 2 aromatic rings. The zero-order valence-electron chi connectivity index (χ0n) is 12.4. The Morgan fingerprint density at radius 3 is 1.67 bits per heavy atom. The van der Waals surface area contributed by atoms with Crippen molar-refractivity contribution in [3.63, 3.8) is 0 Å². The molecule has 2 aromatic carbocycles. The van der Waals surface area contributed by atoms with Gasteiger partial charge in [-0.1, -0.05) is 0 Å². The SMILES string of the molecule is Cc1ccc2c(c1)C=C[CH]2[Zr][CH]1C=Cc2cc(C)ccc21.